The van der Waals surface area contributed by atoms with E-state index < -0.39 is 17.4 Å². The van der Waals surface area contributed by atoms with Gasteiger partial charge in [0.25, 0.3) is 0 Å². The number of nitrogens with one attached hydrogen (secondary N) is 1. The number of carbonyl (C=O) groups excluding carboxylic acids is 1. The van der Waals surface area contributed by atoms with Gasteiger partial charge in [-0.05, 0) is 17.6 Å². The number of hydrogen-bond donors (Lipinski definition) is 2. The highest BCUT2D eigenvalue weighted by Crippen LogP contribution is 2.25. The maximum Gasteiger partial charge on any atom is 0.326 e. The van der Waals surface area contributed by atoms with Crippen molar-refractivity contribution in [3.05, 3.63) is 0 Å². The highest BCUT2D eigenvalue weighted by Gasteiger charge is 2.34. The van der Waals surface area contributed by atoms with Gasteiger partial charge in [-0.1, -0.05) is 20.8 Å². The Morgan fingerprint density at radius 3 is 2.44 bits per heavy atom. The summed E-state index contributed by atoms with van der Waals surface area (Å²) in [5.41, 5.74) is -0.465. The molecule has 0 bridgehead atoms. The third-order valence-electron chi connectivity index (χ3n) is 2.70. The van der Waals surface area contributed by atoms with E-state index in [0.29, 0.717) is 0 Å². The Morgan fingerprint density at radius 1 is 1.44 bits per heavy atom. The molecule has 1 unspecified atom stereocenters. The second kappa shape index (κ2) is 5.08. The van der Waals surface area contributed by atoms with Crippen molar-refractivity contribution in [2.45, 2.75) is 33.2 Å². The Labute approximate surface area is 100 Å². The van der Waals surface area contributed by atoms with E-state index in [4.69, 9.17) is 5.11 Å². The third kappa shape index (κ3) is 3.40. The van der Waals surface area contributed by atoms with Gasteiger partial charge in [-0.2, -0.15) is 11.8 Å². The minimum absolute atomic E-state index is 0.0193. The third-order valence-corrected chi connectivity index (χ3v) is 3.86. The first-order valence-electron chi connectivity index (χ1n) is 5.43. The minimum Gasteiger partial charge on any atom is -0.480 e. The van der Waals surface area contributed by atoms with Crippen LogP contribution in [0.2, 0.25) is 0 Å². The summed E-state index contributed by atoms with van der Waals surface area (Å²) in [7, 11) is 0. The van der Waals surface area contributed by atoms with E-state index in [1.807, 2.05) is 20.8 Å². The summed E-state index contributed by atoms with van der Waals surface area (Å²) in [4.78, 5) is 22.9. The molecular formula is C11H19NO3S. The van der Waals surface area contributed by atoms with Crippen LogP contribution < -0.4 is 5.32 Å². The fourth-order valence-electron chi connectivity index (χ4n) is 1.65. The first-order valence-corrected chi connectivity index (χ1v) is 6.59. The normalized spacial score (nSPS) is 22.8. The number of carboxylic acids is 1. The lowest BCUT2D eigenvalue weighted by molar-refractivity contribution is -0.145. The van der Waals surface area contributed by atoms with Crippen LogP contribution in [0, 0.1) is 11.3 Å². The van der Waals surface area contributed by atoms with Crippen LogP contribution in [0.15, 0.2) is 0 Å². The van der Waals surface area contributed by atoms with Crippen LogP contribution in [0.5, 0.6) is 0 Å². The molecule has 0 aliphatic carbocycles. The van der Waals surface area contributed by atoms with Crippen molar-refractivity contribution in [3.63, 3.8) is 0 Å². The summed E-state index contributed by atoms with van der Waals surface area (Å²) in [6.07, 6.45) is 0.854. The standard InChI is InChI=1S/C11H19NO3S/c1-11(2,3)8(10(14)15)12-9(13)7-4-5-16-6-7/h7-8H,4-6H2,1-3H3,(H,12,13)(H,14,15)/t7?,8-/m1/s1. The molecular weight excluding hydrogens is 226 g/mol. The largest absolute Gasteiger partial charge is 0.480 e. The van der Waals surface area contributed by atoms with Crippen molar-refractivity contribution in [1.29, 1.82) is 0 Å². The van der Waals surface area contributed by atoms with Crippen LogP contribution >= 0.6 is 11.8 Å². The Morgan fingerprint density at radius 2 is 2.06 bits per heavy atom. The van der Waals surface area contributed by atoms with Gasteiger partial charge >= 0.3 is 5.97 Å². The molecule has 92 valence electrons. The number of rotatable bonds is 3. The lowest BCUT2D eigenvalue weighted by atomic mass is 9.86. The van der Waals surface area contributed by atoms with Gasteiger partial charge < -0.3 is 10.4 Å². The van der Waals surface area contributed by atoms with Crippen molar-refractivity contribution < 1.29 is 14.7 Å². The number of hydrogen-bond acceptors (Lipinski definition) is 3. The van der Waals surface area contributed by atoms with Crippen LogP contribution in [-0.4, -0.2) is 34.5 Å². The zero-order chi connectivity index (χ0) is 12.3. The van der Waals surface area contributed by atoms with Gasteiger partial charge in [-0.3, -0.25) is 4.79 Å². The molecule has 4 nitrogen and oxygen atoms in total. The van der Waals surface area contributed by atoms with Gasteiger partial charge in [0.2, 0.25) is 5.91 Å². The molecule has 1 rings (SSSR count). The molecule has 1 amide bonds. The molecule has 0 aromatic rings. The van der Waals surface area contributed by atoms with E-state index in [1.165, 1.54) is 0 Å². The van der Waals surface area contributed by atoms with Gasteiger partial charge in [0.1, 0.15) is 6.04 Å². The van der Waals surface area contributed by atoms with Crippen molar-refractivity contribution >= 4 is 23.6 Å². The molecule has 1 saturated heterocycles. The molecule has 1 aliphatic heterocycles. The summed E-state index contributed by atoms with van der Waals surface area (Å²) < 4.78 is 0. The monoisotopic (exact) mass is 245 g/mol. The van der Waals surface area contributed by atoms with E-state index >= 15 is 0 Å². The SMILES string of the molecule is CC(C)(C)[C@H](NC(=O)C1CCSC1)C(=O)O. The summed E-state index contributed by atoms with van der Waals surface area (Å²) in [6, 6.07) is -0.814. The average molecular weight is 245 g/mol. The zero-order valence-electron chi connectivity index (χ0n) is 9.95. The molecule has 0 aromatic carbocycles. The topological polar surface area (TPSA) is 66.4 Å². The van der Waals surface area contributed by atoms with Crippen molar-refractivity contribution in [1.82, 2.24) is 5.32 Å². The van der Waals surface area contributed by atoms with Gasteiger partial charge in [-0.25, -0.2) is 4.79 Å². The number of carboxylic acid groups (broad SMARTS) is 1. The van der Waals surface area contributed by atoms with Gasteiger partial charge in [0, 0.05) is 11.7 Å². The van der Waals surface area contributed by atoms with Gasteiger partial charge in [-0.15, -0.1) is 0 Å². The lowest BCUT2D eigenvalue weighted by Crippen LogP contribution is -2.50. The van der Waals surface area contributed by atoms with Crippen LogP contribution in [0.1, 0.15) is 27.2 Å². The molecule has 2 N–H and O–H groups in total. The fourth-order valence-corrected chi connectivity index (χ4v) is 2.87. The molecule has 2 atom stereocenters. The van der Waals surface area contributed by atoms with Gasteiger partial charge in [0.05, 0.1) is 0 Å². The maximum absolute atomic E-state index is 11.8. The van der Waals surface area contributed by atoms with E-state index in [2.05, 4.69) is 5.32 Å². The lowest BCUT2D eigenvalue weighted by Gasteiger charge is -2.28. The Kier molecular flexibility index (Phi) is 4.24. The summed E-state index contributed by atoms with van der Waals surface area (Å²) in [5, 5.41) is 11.7. The number of aliphatic carboxylic acids is 1. The summed E-state index contributed by atoms with van der Waals surface area (Å²) in [5.74, 6) is 0.696. The van der Waals surface area contributed by atoms with E-state index in [0.717, 1.165) is 17.9 Å². The molecule has 0 aromatic heterocycles. The van der Waals surface area contributed by atoms with Crippen LogP contribution in [-0.2, 0) is 9.59 Å². The van der Waals surface area contributed by atoms with E-state index in [1.54, 1.807) is 11.8 Å². The number of carbonyl (C=O) groups is 2. The first-order chi connectivity index (χ1) is 7.32. The maximum atomic E-state index is 11.8. The quantitative estimate of drug-likeness (QED) is 0.788. The number of amides is 1. The minimum atomic E-state index is -0.966. The zero-order valence-corrected chi connectivity index (χ0v) is 10.8. The van der Waals surface area contributed by atoms with Crippen LogP contribution in [0.4, 0.5) is 0 Å². The molecule has 5 heteroatoms. The molecule has 1 heterocycles. The van der Waals surface area contributed by atoms with Crippen LogP contribution in [0.25, 0.3) is 0 Å². The molecule has 0 spiro atoms. The fraction of sp³-hybridized carbons (Fsp3) is 0.818. The summed E-state index contributed by atoms with van der Waals surface area (Å²) >= 11 is 1.75. The second-order valence-electron chi connectivity index (χ2n) is 5.21. The van der Waals surface area contributed by atoms with Crippen molar-refractivity contribution in [2.24, 2.45) is 11.3 Å². The highest BCUT2D eigenvalue weighted by atomic mass is 32.2. The number of thioether (sulfide) groups is 1. The average Bonchev–Trinajstić information content (AvgIpc) is 2.63. The molecule has 0 saturated carbocycles. The Hall–Kier alpha value is -0.710. The molecule has 16 heavy (non-hydrogen) atoms. The Balaban J connectivity index is 2.61. The van der Waals surface area contributed by atoms with Crippen LogP contribution in [0.3, 0.4) is 0 Å². The molecule has 1 aliphatic rings. The van der Waals surface area contributed by atoms with Crippen molar-refractivity contribution in [2.75, 3.05) is 11.5 Å². The van der Waals surface area contributed by atoms with E-state index in [-0.39, 0.29) is 11.8 Å². The van der Waals surface area contributed by atoms with Gasteiger partial charge in [0.15, 0.2) is 0 Å². The summed E-state index contributed by atoms with van der Waals surface area (Å²) in [6.45, 7) is 5.44. The molecule has 1 fully saturated rings. The Bertz CT molecular complexity index is 279. The molecule has 0 radical (unpaired) electrons. The van der Waals surface area contributed by atoms with Crippen molar-refractivity contribution in [3.8, 4) is 0 Å². The smallest absolute Gasteiger partial charge is 0.326 e. The van der Waals surface area contributed by atoms with E-state index in [9.17, 15) is 9.59 Å². The second-order valence-corrected chi connectivity index (χ2v) is 6.36. The first kappa shape index (κ1) is 13.4. The highest BCUT2D eigenvalue weighted by molar-refractivity contribution is 7.99. The predicted molar refractivity (Wildman–Crippen MR) is 64.5 cm³/mol. The predicted octanol–water partition coefficient (Wildman–Crippen LogP) is 1.35.